The summed E-state index contributed by atoms with van der Waals surface area (Å²) >= 11 is 6.10. The average Bonchev–Trinajstić information content (AvgIpc) is 2.49. The molecular weight excluding hydrogens is 343 g/mol. The number of nitrogens with zero attached hydrogens (tertiary/aromatic N) is 2. The van der Waals surface area contributed by atoms with E-state index in [1.807, 2.05) is 13.8 Å². The third-order valence-corrected chi connectivity index (χ3v) is 3.10. The third kappa shape index (κ3) is 5.13. The molecule has 0 saturated heterocycles. The Morgan fingerprint density at radius 1 is 1.25 bits per heavy atom. The van der Waals surface area contributed by atoms with Gasteiger partial charge in [-0.3, -0.25) is 5.43 Å². The van der Waals surface area contributed by atoms with Crippen LogP contribution in [0.4, 0.5) is 19.0 Å². The highest BCUT2D eigenvalue weighted by Crippen LogP contribution is 2.29. The molecule has 1 heterocycles. The number of anilines is 1. The van der Waals surface area contributed by atoms with E-state index in [4.69, 9.17) is 16.3 Å². The molecule has 1 aromatic carbocycles. The summed E-state index contributed by atoms with van der Waals surface area (Å²) in [7, 11) is 0. The number of pyridine rings is 1. The second kappa shape index (κ2) is 7.53. The molecule has 0 unspecified atom stereocenters. The van der Waals surface area contributed by atoms with Gasteiger partial charge in [0.15, 0.2) is 0 Å². The molecule has 2 rings (SSSR count). The molecule has 0 aliphatic heterocycles. The van der Waals surface area contributed by atoms with Crippen LogP contribution < -0.4 is 10.2 Å². The summed E-state index contributed by atoms with van der Waals surface area (Å²) in [5.74, 6) is 0.770. The summed E-state index contributed by atoms with van der Waals surface area (Å²) < 4.78 is 42.8. The SMILES string of the molecule is CC(C)Oc1ccc(/C=N\Nc2ccc(C(F)(F)F)cn2)cc1Cl. The lowest BCUT2D eigenvalue weighted by molar-refractivity contribution is -0.137. The van der Waals surface area contributed by atoms with Crippen molar-refractivity contribution in [1.82, 2.24) is 4.98 Å². The molecule has 0 fully saturated rings. The monoisotopic (exact) mass is 357 g/mol. The zero-order valence-corrected chi connectivity index (χ0v) is 13.7. The summed E-state index contributed by atoms with van der Waals surface area (Å²) in [5.41, 5.74) is 2.44. The lowest BCUT2D eigenvalue weighted by atomic mass is 10.2. The van der Waals surface area contributed by atoms with Crippen molar-refractivity contribution in [2.45, 2.75) is 26.1 Å². The Kier molecular flexibility index (Phi) is 5.66. The van der Waals surface area contributed by atoms with Gasteiger partial charge in [-0.1, -0.05) is 11.6 Å². The summed E-state index contributed by atoms with van der Waals surface area (Å²) in [6.45, 7) is 3.79. The number of ether oxygens (including phenoxy) is 1. The fourth-order valence-corrected chi connectivity index (χ4v) is 1.98. The normalized spacial score (nSPS) is 12.0. The van der Waals surface area contributed by atoms with Gasteiger partial charge < -0.3 is 4.74 Å². The second-order valence-corrected chi connectivity index (χ2v) is 5.56. The topological polar surface area (TPSA) is 46.5 Å². The van der Waals surface area contributed by atoms with Crippen LogP contribution in [-0.4, -0.2) is 17.3 Å². The van der Waals surface area contributed by atoms with E-state index >= 15 is 0 Å². The van der Waals surface area contributed by atoms with Crippen molar-refractivity contribution in [1.29, 1.82) is 0 Å². The Morgan fingerprint density at radius 2 is 2.00 bits per heavy atom. The predicted octanol–water partition coefficient (Wildman–Crippen LogP) is 4.99. The van der Waals surface area contributed by atoms with Crippen LogP contribution >= 0.6 is 11.6 Å². The maximum absolute atomic E-state index is 12.4. The van der Waals surface area contributed by atoms with Crippen molar-refractivity contribution in [2.24, 2.45) is 5.10 Å². The number of hydrogen-bond donors (Lipinski definition) is 1. The smallest absolute Gasteiger partial charge is 0.417 e. The first kappa shape index (κ1) is 18.1. The molecule has 0 atom stereocenters. The van der Waals surface area contributed by atoms with E-state index in [0.717, 1.165) is 12.3 Å². The van der Waals surface area contributed by atoms with E-state index in [0.29, 0.717) is 16.3 Å². The van der Waals surface area contributed by atoms with Crippen molar-refractivity contribution >= 4 is 23.6 Å². The number of alkyl halides is 3. The molecule has 0 spiro atoms. The molecule has 0 aliphatic rings. The lowest BCUT2D eigenvalue weighted by Gasteiger charge is -2.11. The highest BCUT2D eigenvalue weighted by molar-refractivity contribution is 6.32. The van der Waals surface area contributed by atoms with Crippen molar-refractivity contribution in [3.63, 3.8) is 0 Å². The largest absolute Gasteiger partial charge is 0.489 e. The first-order chi connectivity index (χ1) is 11.3. The van der Waals surface area contributed by atoms with Gasteiger partial charge in [0.25, 0.3) is 0 Å². The van der Waals surface area contributed by atoms with Gasteiger partial charge in [-0.25, -0.2) is 4.98 Å². The van der Waals surface area contributed by atoms with E-state index in [1.165, 1.54) is 12.3 Å². The third-order valence-electron chi connectivity index (χ3n) is 2.80. The number of hydrogen-bond acceptors (Lipinski definition) is 4. The minimum atomic E-state index is -4.41. The number of nitrogens with one attached hydrogen (secondary N) is 1. The molecule has 2 aromatic rings. The molecule has 0 amide bonds. The number of benzene rings is 1. The zero-order chi connectivity index (χ0) is 17.7. The highest BCUT2D eigenvalue weighted by Gasteiger charge is 2.30. The summed E-state index contributed by atoms with van der Waals surface area (Å²) in [4.78, 5) is 3.65. The predicted molar refractivity (Wildman–Crippen MR) is 87.7 cm³/mol. The fraction of sp³-hybridized carbons (Fsp3) is 0.250. The molecule has 1 N–H and O–H groups in total. The van der Waals surface area contributed by atoms with E-state index in [1.54, 1.807) is 18.2 Å². The van der Waals surface area contributed by atoms with Gasteiger partial charge in [0.1, 0.15) is 11.6 Å². The van der Waals surface area contributed by atoms with Crippen LogP contribution in [0.25, 0.3) is 0 Å². The molecule has 1 aromatic heterocycles. The Labute approximate surface area is 142 Å². The summed E-state index contributed by atoms with van der Waals surface area (Å²) in [6.07, 6.45) is -2.18. The van der Waals surface area contributed by atoms with Gasteiger partial charge >= 0.3 is 6.18 Å². The van der Waals surface area contributed by atoms with Crippen molar-refractivity contribution < 1.29 is 17.9 Å². The van der Waals surface area contributed by atoms with Crippen LogP contribution in [0.5, 0.6) is 5.75 Å². The first-order valence-corrected chi connectivity index (χ1v) is 7.42. The van der Waals surface area contributed by atoms with Crippen molar-refractivity contribution in [2.75, 3.05) is 5.43 Å². The van der Waals surface area contributed by atoms with Crippen LogP contribution in [0.1, 0.15) is 25.0 Å². The Bertz CT molecular complexity index is 715. The quantitative estimate of drug-likeness (QED) is 0.606. The molecule has 0 bridgehead atoms. The lowest BCUT2D eigenvalue weighted by Crippen LogP contribution is -2.06. The van der Waals surface area contributed by atoms with Gasteiger partial charge in [0, 0.05) is 6.20 Å². The zero-order valence-electron chi connectivity index (χ0n) is 12.9. The second-order valence-electron chi connectivity index (χ2n) is 5.16. The minimum Gasteiger partial charge on any atom is -0.489 e. The molecule has 0 radical (unpaired) electrons. The van der Waals surface area contributed by atoms with Gasteiger partial charge in [-0.05, 0) is 49.7 Å². The van der Waals surface area contributed by atoms with E-state index in [9.17, 15) is 13.2 Å². The molecule has 4 nitrogen and oxygen atoms in total. The van der Waals surface area contributed by atoms with Gasteiger partial charge in [0.05, 0.1) is 22.9 Å². The van der Waals surface area contributed by atoms with Crippen LogP contribution in [0, 0.1) is 0 Å². The van der Waals surface area contributed by atoms with Crippen LogP contribution in [0.3, 0.4) is 0 Å². The molecule has 0 aliphatic carbocycles. The van der Waals surface area contributed by atoms with Gasteiger partial charge in [-0.2, -0.15) is 18.3 Å². The number of rotatable bonds is 5. The highest BCUT2D eigenvalue weighted by atomic mass is 35.5. The minimum absolute atomic E-state index is 0.00873. The van der Waals surface area contributed by atoms with Gasteiger partial charge in [0.2, 0.25) is 0 Å². The standard InChI is InChI=1S/C16H15ClF3N3O/c1-10(2)24-14-5-3-11(7-13(14)17)8-22-23-15-6-4-12(9-21-15)16(18,19)20/h3-10H,1-2H3,(H,21,23)/b22-8-. The maximum Gasteiger partial charge on any atom is 0.417 e. The number of aromatic nitrogens is 1. The molecule has 8 heteroatoms. The Hall–Kier alpha value is -2.28. The first-order valence-electron chi connectivity index (χ1n) is 7.04. The van der Waals surface area contributed by atoms with E-state index < -0.39 is 11.7 Å². The van der Waals surface area contributed by atoms with Crippen molar-refractivity contribution in [3.8, 4) is 5.75 Å². The summed E-state index contributed by atoms with van der Waals surface area (Å²) in [5, 5.41) is 4.36. The van der Waals surface area contributed by atoms with Crippen LogP contribution in [0.15, 0.2) is 41.6 Å². The van der Waals surface area contributed by atoms with E-state index in [2.05, 4.69) is 15.5 Å². The van der Waals surface area contributed by atoms with E-state index in [-0.39, 0.29) is 11.9 Å². The Balaban J connectivity index is 2.00. The Morgan fingerprint density at radius 3 is 2.54 bits per heavy atom. The van der Waals surface area contributed by atoms with Crippen LogP contribution in [0.2, 0.25) is 5.02 Å². The molecule has 24 heavy (non-hydrogen) atoms. The average molecular weight is 358 g/mol. The molecular formula is C16H15ClF3N3O. The fourth-order valence-electron chi connectivity index (χ4n) is 1.75. The summed E-state index contributed by atoms with van der Waals surface area (Å²) in [6, 6.07) is 7.28. The maximum atomic E-state index is 12.4. The number of hydrazone groups is 1. The van der Waals surface area contributed by atoms with Crippen molar-refractivity contribution in [3.05, 3.63) is 52.7 Å². The molecule has 0 saturated carbocycles. The molecule has 128 valence electrons. The van der Waals surface area contributed by atoms with Crippen LogP contribution in [-0.2, 0) is 6.18 Å². The van der Waals surface area contributed by atoms with Gasteiger partial charge in [-0.15, -0.1) is 0 Å². The number of halogens is 4.